The SMILES string of the molecule is CCNC(=NCC1CCN(S(C)(=O)=O)C1)NCC1CCCS1. The molecule has 0 saturated carbocycles. The van der Waals surface area contributed by atoms with E-state index < -0.39 is 10.0 Å². The van der Waals surface area contributed by atoms with Gasteiger partial charge in [-0.2, -0.15) is 11.8 Å². The highest BCUT2D eigenvalue weighted by atomic mass is 32.2. The Kier molecular flexibility index (Phi) is 6.83. The van der Waals surface area contributed by atoms with Crippen molar-refractivity contribution in [2.24, 2.45) is 10.9 Å². The second-order valence-corrected chi connectivity index (χ2v) is 9.40. The molecule has 0 amide bonds. The van der Waals surface area contributed by atoms with Crippen LogP contribution >= 0.6 is 11.8 Å². The van der Waals surface area contributed by atoms with Crippen LogP contribution in [0.15, 0.2) is 4.99 Å². The predicted molar refractivity (Wildman–Crippen MR) is 94.0 cm³/mol. The normalized spacial score (nSPS) is 27.3. The third-order valence-electron chi connectivity index (χ3n) is 4.09. The van der Waals surface area contributed by atoms with Crippen molar-refractivity contribution in [3.05, 3.63) is 0 Å². The van der Waals surface area contributed by atoms with Crippen molar-refractivity contribution >= 4 is 27.7 Å². The van der Waals surface area contributed by atoms with E-state index >= 15 is 0 Å². The molecule has 2 saturated heterocycles. The van der Waals surface area contributed by atoms with Gasteiger partial charge >= 0.3 is 0 Å². The van der Waals surface area contributed by atoms with Crippen molar-refractivity contribution < 1.29 is 8.42 Å². The molecule has 2 aliphatic rings. The third kappa shape index (κ3) is 5.62. The average Bonchev–Trinajstić information content (AvgIpc) is 3.12. The zero-order valence-electron chi connectivity index (χ0n) is 13.5. The lowest BCUT2D eigenvalue weighted by molar-refractivity contribution is 0.464. The van der Waals surface area contributed by atoms with Gasteiger partial charge in [0.05, 0.1) is 6.26 Å². The van der Waals surface area contributed by atoms with Crippen LogP contribution in [0.25, 0.3) is 0 Å². The standard InChI is InChI=1S/C14H28N4O2S2/c1-3-15-14(17-10-13-5-4-8-21-13)16-9-12-6-7-18(11-12)22(2,19)20/h12-13H,3-11H2,1-2H3,(H2,15,16,17). The second kappa shape index (κ2) is 8.40. The summed E-state index contributed by atoms with van der Waals surface area (Å²) < 4.78 is 24.6. The summed E-state index contributed by atoms with van der Waals surface area (Å²) in [6.45, 7) is 5.75. The van der Waals surface area contributed by atoms with Gasteiger partial charge in [0.25, 0.3) is 0 Å². The molecule has 2 fully saturated rings. The molecule has 6 nitrogen and oxygen atoms in total. The van der Waals surface area contributed by atoms with E-state index in [2.05, 4.69) is 22.5 Å². The summed E-state index contributed by atoms with van der Waals surface area (Å²) >= 11 is 2.03. The van der Waals surface area contributed by atoms with Crippen LogP contribution in [0.4, 0.5) is 0 Å². The third-order valence-corrected chi connectivity index (χ3v) is 6.76. The van der Waals surface area contributed by atoms with Crippen LogP contribution in [0.3, 0.4) is 0 Å². The van der Waals surface area contributed by atoms with Crippen molar-refractivity contribution in [2.45, 2.75) is 31.4 Å². The molecule has 0 aromatic rings. The predicted octanol–water partition coefficient (Wildman–Crippen LogP) is 0.719. The Morgan fingerprint density at radius 2 is 2.18 bits per heavy atom. The molecule has 0 aromatic heterocycles. The maximum atomic E-state index is 11.5. The Bertz CT molecular complexity index is 475. The Morgan fingerprint density at radius 3 is 2.77 bits per heavy atom. The van der Waals surface area contributed by atoms with E-state index in [4.69, 9.17) is 0 Å². The van der Waals surface area contributed by atoms with Crippen LogP contribution in [0.1, 0.15) is 26.2 Å². The number of hydrogen-bond donors (Lipinski definition) is 2. The van der Waals surface area contributed by atoms with Gasteiger partial charge in [-0.1, -0.05) is 0 Å². The van der Waals surface area contributed by atoms with Crippen molar-refractivity contribution in [2.75, 3.05) is 44.7 Å². The molecule has 2 rings (SSSR count). The molecule has 8 heteroatoms. The number of hydrogen-bond acceptors (Lipinski definition) is 4. The highest BCUT2D eigenvalue weighted by molar-refractivity contribution is 8.00. The molecule has 0 aromatic carbocycles. The van der Waals surface area contributed by atoms with Crippen molar-refractivity contribution in [1.29, 1.82) is 0 Å². The maximum absolute atomic E-state index is 11.5. The summed E-state index contributed by atoms with van der Waals surface area (Å²) in [6, 6.07) is 0. The minimum absolute atomic E-state index is 0.325. The highest BCUT2D eigenvalue weighted by Crippen LogP contribution is 2.25. The molecule has 0 bridgehead atoms. The fourth-order valence-electron chi connectivity index (χ4n) is 2.83. The Balaban J connectivity index is 1.79. The van der Waals surface area contributed by atoms with E-state index in [0.29, 0.717) is 30.8 Å². The summed E-state index contributed by atoms with van der Waals surface area (Å²) in [5, 5.41) is 7.37. The van der Waals surface area contributed by atoms with Gasteiger partial charge in [0, 0.05) is 38.0 Å². The zero-order chi connectivity index (χ0) is 16.0. The Hall–Kier alpha value is -0.470. The van der Waals surface area contributed by atoms with E-state index in [1.165, 1.54) is 24.9 Å². The Morgan fingerprint density at radius 1 is 1.36 bits per heavy atom. The first-order valence-corrected chi connectivity index (χ1v) is 11.0. The van der Waals surface area contributed by atoms with Gasteiger partial charge in [0.2, 0.25) is 10.0 Å². The van der Waals surface area contributed by atoms with E-state index in [-0.39, 0.29) is 0 Å². The molecule has 0 radical (unpaired) electrons. The zero-order valence-corrected chi connectivity index (χ0v) is 15.2. The van der Waals surface area contributed by atoms with Crippen LogP contribution in [0.5, 0.6) is 0 Å². The molecule has 0 spiro atoms. The van der Waals surface area contributed by atoms with Crippen molar-refractivity contribution in [1.82, 2.24) is 14.9 Å². The number of aliphatic imine (C=N–C) groups is 1. The first-order valence-electron chi connectivity index (χ1n) is 8.08. The summed E-state index contributed by atoms with van der Waals surface area (Å²) in [4.78, 5) is 4.64. The molecule has 0 aliphatic carbocycles. The lowest BCUT2D eigenvalue weighted by Crippen LogP contribution is -2.40. The number of nitrogens with one attached hydrogen (secondary N) is 2. The van der Waals surface area contributed by atoms with Gasteiger partial charge in [-0.25, -0.2) is 12.7 Å². The van der Waals surface area contributed by atoms with E-state index in [9.17, 15) is 8.42 Å². The smallest absolute Gasteiger partial charge is 0.211 e. The first kappa shape index (κ1) is 17.9. The summed E-state index contributed by atoms with van der Waals surface area (Å²) in [5.41, 5.74) is 0. The minimum Gasteiger partial charge on any atom is -0.357 e. The monoisotopic (exact) mass is 348 g/mol. The molecule has 2 heterocycles. The summed E-state index contributed by atoms with van der Waals surface area (Å²) in [7, 11) is -3.05. The molecule has 2 unspecified atom stereocenters. The number of rotatable bonds is 6. The van der Waals surface area contributed by atoms with Crippen molar-refractivity contribution in [3.8, 4) is 0 Å². The van der Waals surface area contributed by atoms with Gasteiger partial charge in [-0.05, 0) is 37.9 Å². The molecule has 128 valence electrons. The van der Waals surface area contributed by atoms with Gasteiger partial charge < -0.3 is 10.6 Å². The molecular formula is C14H28N4O2S2. The lowest BCUT2D eigenvalue weighted by atomic mass is 10.1. The lowest BCUT2D eigenvalue weighted by Gasteiger charge is -2.16. The Labute approximate surface area is 138 Å². The summed E-state index contributed by atoms with van der Waals surface area (Å²) in [6.07, 6.45) is 4.77. The summed E-state index contributed by atoms with van der Waals surface area (Å²) in [5.74, 6) is 2.45. The molecule has 22 heavy (non-hydrogen) atoms. The second-order valence-electron chi connectivity index (χ2n) is 6.01. The number of sulfonamides is 1. The highest BCUT2D eigenvalue weighted by Gasteiger charge is 2.28. The van der Waals surface area contributed by atoms with Crippen LogP contribution in [-0.2, 0) is 10.0 Å². The van der Waals surface area contributed by atoms with E-state index in [0.717, 1.165) is 25.5 Å². The topological polar surface area (TPSA) is 73.8 Å². The average molecular weight is 349 g/mol. The van der Waals surface area contributed by atoms with Gasteiger partial charge in [-0.15, -0.1) is 0 Å². The maximum Gasteiger partial charge on any atom is 0.211 e. The van der Waals surface area contributed by atoms with E-state index in [1.54, 1.807) is 4.31 Å². The molecule has 2 atom stereocenters. The van der Waals surface area contributed by atoms with Gasteiger partial charge in [0.1, 0.15) is 0 Å². The fraction of sp³-hybridized carbons (Fsp3) is 0.929. The van der Waals surface area contributed by atoms with Crippen LogP contribution in [0.2, 0.25) is 0 Å². The van der Waals surface area contributed by atoms with Crippen LogP contribution < -0.4 is 10.6 Å². The minimum atomic E-state index is -3.05. The van der Waals surface area contributed by atoms with Gasteiger partial charge in [-0.3, -0.25) is 4.99 Å². The molecule has 2 aliphatic heterocycles. The first-order chi connectivity index (χ1) is 10.5. The van der Waals surface area contributed by atoms with Crippen LogP contribution in [-0.4, -0.2) is 68.7 Å². The quantitative estimate of drug-likeness (QED) is 0.546. The molecular weight excluding hydrogens is 320 g/mol. The number of nitrogens with zero attached hydrogens (tertiary/aromatic N) is 2. The number of thioether (sulfide) groups is 1. The van der Waals surface area contributed by atoms with E-state index in [1.807, 2.05) is 11.8 Å². The van der Waals surface area contributed by atoms with Crippen molar-refractivity contribution in [3.63, 3.8) is 0 Å². The fourth-order valence-corrected chi connectivity index (χ4v) is 4.95. The number of guanidine groups is 1. The largest absolute Gasteiger partial charge is 0.357 e. The van der Waals surface area contributed by atoms with Gasteiger partial charge in [0.15, 0.2) is 5.96 Å². The van der Waals surface area contributed by atoms with Crippen LogP contribution in [0, 0.1) is 5.92 Å². The molecule has 2 N–H and O–H groups in total.